The Bertz CT molecular complexity index is 9260. The molecule has 2 aliphatic rings. The minimum absolute atomic E-state index is 0.00789. The Labute approximate surface area is 845 Å². The van der Waals surface area contributed by atoms with Crippen LogP contribution < -0.4 is 26.2 Å². The Morgan fingerprint density at radius 1 is 0.213 bits per heavy atom. The highest BCUT2D eigenvalue weighted by molar-refractivity contribution is 7.00. The molecule has 20 rings (SSSR count). The van der Waals surface area contributed by atoms with Crippen molar-refractivity contribution in [2.45, 2.75) is 262 Å². The summed E-state index contributed by atoms with van der Waals surface area (Å²) < 4.78 is 266. The third kappa shape index (κ3) is 15.5. The molecule has 686 valence electrons. The maximum atomic E-state index is 12.1. The number of para-hydroxylation sites is 4. The molecule has 0 radical (unpaired) electrons. The van der Waals surface area contributed by atoms with Crippen molar-refractivity contribution in [2.75, 3.05) is 9.80 Å². The van der Waals surface area contributed by atoms with Crippen molar-refractivity contribution in [1.29, 1.82) is 0 Å². The molecule has 18 aromatic rings. The van der Waals surface area contributed by atoms with Gasteiger partial charge in [-0.05, 0) is 257 Å². The van der Waals surface area contributed by atoms with Crippen LogP contribution in [0.2, 0.25) is 0 Å². The summed E-state index contributed by atoms with van der Waals surface area (Å²) >= 11 is 0. The highest BCUT2D eigenvalue weighted by atomic mass is 15.2. The van der Waals surface area contributed by atoms with E-state index in [0.29, 0.717) is 55.7 Å². The van der Waals surface area contributed by atoms with E-state index in [2.05, 4.69) is 225 Å². The molecule has 5 heterocycles. The second-order valence-corrected chi connectivity index (χ2v) is 48.1. The van der Waals surface area contributed by atoms with Gasteiger partial charge in [-0.3, -0.25) is 0 Å². The fourth-order valence-corrected chi connectivity index (χ4v) is 19.8. The summed E-state index contributed by atoms with van der Waals surface area (Å²) in [6.45, 7) is 59.4. The van der Waals surface area contributed by atoms with Gasteiger partial charge in [0.1, 0.15) is 0 Å². The Hall–Kier alpha value is -12.6. The van der Waals surface area contributed by atoms with E-state index in [1.54, 1.807) is 32.9 Å². The molecule has 5 nitrogen and oxygen atoms in total. The second kappa shape index (κ2) is 31.5. The summed E-state index contributed by atoms with van der Waals surface area (Å²) in [5, 5.41) is 0.767. The summed E-state index contributed by atoms with van der Waals surface area (Å²) in [4.78, 5) is 3.96. The monoisotopic (exact) mass is 1810 g/mol. The zero-order chi connectivity index (χ0) is 118. The quantitative estimate of drug-likeness (QED) is 0.134. The summed E-state index contributed by atoms with van der Waals surface area (Å²) in [6, 6.07) is 32.9. The number of anilines is 6. The van der Waals surface area contributed by atoms with Gasteiger partial charge >= 0.3 is 0 Å². The van der Waals surface area contributed by atoms with Gasteiger partial charge in [-0.2, -0.15) is 0 Å². The Morgan fingerprint density at radius 3 is 0.971 bits per heavy atom. The zero-order valence-corrected chi connectivity index (χ0v) is 84.6. The van der Waals surface area contributed by atoms with E-state index in [4.69, 9.17) is 0 Å². The van der Waals surface area contributed by atoms with Crippen LogP contribution in [0.15, 0.2) is 291 Å². The first-order valence-electron chi connectivity index (χ1n) is 60.3. The summed E-state index contributed by atoms with van der Waals surface area (Å²) in [5.41, 5.74) is 2.93. The van der Waals surface area contributed by atoms with Crippen molar-refractivity contribution in [1.82, 2.24) is 13.7 Å². The van der Waals surface area contributed by atoms with Crippen LogP contribution in [-0.2, 0) is 54.1 Å². The average Bonchev–Trinajstić information content (AvgIpc) is 1.41. The van der Waals surface area contributed by atoms with Gasteiger partial charge < -0.3 is 23.5 Å². The fraction of sp³-hybridized carbons (Fsp3) is 0.308. The molecule has 0 amide bonds. The van der Waals surface area contributed by atoms with Gasteiger partial charge in [0.15, 0.2) is 0 Å². The van der Waals surface area contributed by atoms with Gasteiger partial charge in [0, 0.05) is 88.7 Å². The third-order valence-electron chi connectivity index (χ3n) is 27.7. The minimum atomic E-state index is -1.33. The summed E-state index contributed by atoms with van der Waals surface area (Å²) in [7, 11) is 0. The highest BCUT2D eigenvalue weighted by Crippen LogP contribution is 2.58. The third-order valence-corrected chi connectivity index (χ3v) is 27.7. The van der Waals surface area contributed by atoms with Crippen LogP contribution in [0, 0.1) is 0 Å². The van der Waals surface area contributed by atoms with E-state index >= 15 is 0 Å². The molecule has 0 N–H and O–H groups in total. The molecular weight excluding hydrogens is 1640 g/mol. The lowest BCUT2D eigenvalue weighted by Gasteiger charge is -2.46. The lowest BCUT2D eigenvalue weighted by atomic mass is 9.33. The van der Waals surface area contributed by atoms with E-state index in [1.807, 2.05) is 104 Å². The SMILES string of the molecule is [2H]c1c([2H])c(C(C)(C)C)c([2H])c([2H])c1-c1c([2H])c(C(C)(C)C)c([2H])c(-c2c([2H])c(C(C)(C)C)c([2H])c([2H])c2C(C)(C)C)c1N1c2cc(-n3c4ccc(C(C)(C)C)cc4c4cc(C(C)(C)C)ccc43)ccc2B2c3ccc(-n4c5c([2H])c([2H])c([2H])c([2H])c5c5c([2H])c([2H])c([2H])c([2H])c54)cc3N(c3c(-c4ccc(C(C)(C)C)cc4)cc(C(C)(C)C)cc3-c3cc(C(C)(C)C)cc(C(C)(C)C)c3)c3cc(-n4c5c([2H])c([2H])c([2H])c([2H])c5c5c([2H])c([2H])c([2H])c([2H])c54)cc1c32. The number of hydrogen-bond acceptors (Lipinski definition) is 2. The second-order valence-electron chi connectivity index (χ2n) is 48.1. The van der Waals surface area contributed by atoms with E-state index < -0.39 is 182 Å². The average molecular weight is 1810 g/mol. The number of aromatic nitrogens is 3. The molecule has 0 aliphatic carbocycles. The normalized spacial score (nSPS) is 16.3. The van der Waals surface area contributed by atoms with E-state index in [0.717, 1.165) is 55.2 Å². The summed E-state index contributed by atoms with van der Waals surface area (Å²) in [5.74, 6) is 0. The molecule has 0 saturated carbocycles. The van der Waals surface area contributed by atoms with Crippen molar-refractivity contribution in [3.63, 3.8) is 0 Å². The molecular formula is C130H138BN5. The first-order valence-corrected chi connectivity index (χ1v) is 47.8. The standard InChI is InChI=1S/C130H138BN5/c1-121(2,3)82-51-47-79(48-52-82)98-71-89(128(22,23)24)73-100(81-65-87(126(16,17)18)67-88(66-81)127(19,20)21)119(98)135-114-75-91(132-108-43-35-31-39-94(108)95-40-32-36-44-109(95)132)58-61-106(114)131-107-62-59-92(133-112-63-56-85(124(10,11)12)69-102(112)103-70-86(125(13,14)15)57-64-113(103)133)76-115(107)136(117-78-93(77-116(135)118(117)131)134-110-45-37-33-41-96(110)97-42-34-38-46-111(97)134)120-99(80-49-53-83(54-50-80)122(4,5)6)72-90(129(25,26)27)74-104(120)101-68-84(123(7,8)9)55-60-105(101)130(28,29)30/h31-78H,1-30H3/i31D,32D,33D,34D,35D,36D,37D,38D,39D,40D,41D,42D,43D,44D,45D,46D,49D,50D,53D,54D,55D,60D,68D,72D,74D. The number of rotatable bonds is 9. The Morgan fingerprint density at radius 2 is 0.559 bits per heavy atom. The van der Waals surface area contributed by atoms with Gasteiger partial charge in [0.2, 0.25) is 0 Å². The molecule has 0 saturated heterocycles. The molecule has 0 unspecified atom stereocenters. The topological polar surface area (TPSA) is 21.3 Å². The lowest BCUT2D eigenvalue weighted by molar-refractivity contribution is 0.569. The van der Waals surface area contributed by atoms with Crippen molar-refractivity contribution < 1.29 is 34.3 Å². The molecule has 6 heteroatoms. The van der Waals surface area contributed by atoms with Gasteiger partial charge in [-0.25, -0.2) is 0 Å². The first kappa shape index (κ1) is 65.9. The molecule has 136 heavy (non-hydrogen) atoms. The predicted molar refractivity (Wildman–Crippen MR) is 592 cm³/mol. The number of fused-ring (bicyclic) bond motifs is 13. The molecule has 0 fully saturated rings. The van der Waals surface area contributed by atoms with Crippen LogP contribution in [0.5, 0.6) is 0 Å². The summed E-state index contributed by atoms with van der Waals surface area (Å²) in [6.07, 6.45) is 0. The van der Waals surface area contributed by atoms with Crippen molar-refractivity contribution in [3.05, 3.63) is 346 Å². The fourth-order valence-electron chi connectivity index (χ4n) is 19.8. The Balaban J connectivity index is 1.15. The van der Waals surface area contributed by atoms with Crippen LogP contribution >= 0.6 is 0 Å². The van der Waals surface area contributed by atoms with Gasteiger partial charge in [-0.1, -0.05) is 389 Å². The molecule has 0 spiro atoms. The smallest absolute Gasteiger partial charge is 0.252 e. The molecule has 15 aromatic carbocycles. The first-order chi connectivity index (χ1) is 74.2. The van der Waals surface area contributed by atoms with E-state index in [1.165, 1.54) is 9.13 Å². The van der Waals surface area contributed by atoms with E-state index in [9.17, 15) is 34.3 Å². The zero-order valence-electron chi connectivity index (χ0n) is 110. The number of nitrogens with zero attached hydrogens (tertiary/aromatic N) is 5. The van der Waals surface area contributed by atoms with Crippen LogP contribution in [0.4, 0.5) is 34.1 Å². The molecule has 2 aliphatic heterocycles. The van der Waals surface area contributed by atoms with Crippen LogP contribution in [0.1, 0.15) is 298 Å². The molecule has 0 atom stereocenters. The lowest BCUT2D eigenvalue weighted by Crippen LogP contribution is -2.61. The van der Waals surface area contributed by atoms with E-state index in [-0.39, 0.29) is 152 Å². The van der Waals surface area contributed by atoms with Gasteiger partial charge in [0.25, 0.3) is 6.71 Å². The minimum Gasteiger partial charge on any atom is -0.310 e. The highest BCUT2D eigenvalue weighted by Gasteiger charge is 2.48. The number of benzene rings is 15. The maximum Gasteiger partial charge on any atom is 0.252 e. The van der Waals surface area contributed by atoms with Crippen LogP contribution in [0.25, 0.3) is 127 Å². The number of hydrogen-bond donors (Lipinski definition) is 0. The van der Waals surface area contributed by atoms with Crippen LogP contribution in [-0.4, -0.2) is 20.4 Å². The van der Waals surface area contributed by atoms with Crippen molar-refractivity contribution in [3.8, 4) is 61.6 Å². The van der Waals surface area contributed by atoms with Crippen molar-refractivity contribution in [2.24, 2.45) is 0 Å². The van der Waals surface area contributed by atoms with Gasteiger partial charge in [-0.15, -0.1) is 0 Å². The Kier molecular flexibility index (Phi) is 15.3. The van der Waals surface area contributed by atoms with Crippen LogP contribution in [0.3, 0.4) is 0 Å². The predicted octanol–water partition coefficient (Wildman–Crippen LogP) is 34.7. The maximum absolute atomic E-state index is 12.1. The molecule has 0 bridgehead atoms. The largest absolute Gasteiger partial charge is 0.310 e. The van der Waals surface area contributed by atoms with Gasteiger partial charge in [0.05, 0.1) is 84.4 Å². The molecule has 3 aromatic heterocycles. The van der Waals surface area contributed by atoms with Crippen molar-refractivity contribution >= 4 is 123 Å².